The van der Waals surface area contributed by atoms with Crippen molar-refractivity contribution in [3.05, 3.63) is 59.1 Å². The van der Waals surface area contributed by atoms with Gasteiger partial charge >= 0.3 is 5.97 Å². The highest BCUT2D eigenvalue weighted by atomic mass is 32.1. The van der Waals surface area contributed by atoms with E-state index >= 15 is 0 Å². The number of nitrogens with zero attached hydrogens (tertiary/aromatic N) is 2. The van der Waals surface area contributed by atoms with Crippen LogP contribution in [0.15, 0.2) is 42.0 Å². The van der Waals surface area contributed by atoms with Crippen molar-refractivity contribution >= 4 is 22.3 Å². The second kappa shape index (κ2) is 5.65. The van der Waals surface area contributed by atoms with Gasteiger partial charge in [-0.05, 0) is 18.1 Å². The topological polar surface area (TPSA) is 54.6 Å². The molecule has 108 valence electrons. The van der Waals surface area contributed by atoms with Crippen molar-refractivity contribution in [1.82, 2.24) is 9.38 Å². The van der Waals surface area contributed by atoms with E-state index in [1.165, 1.54) is 17.4 Å². The molecular weight excluding hydrogens is 291 g/mol. The molecule has 0 aliphatic carbocycles. The summed E-state index contributed by atoms with van der Waals surface area (Å²) >= 11 is 1.49. The Balaban J connectivity index is 1.80. The molecular formula is C15H13FN2O2S. The average molecular weight is 304 g/mol. The molecule has 0 amide bonds. The second-order valence-corrected chi connectivity index (χ2v) is 5.73. The molecule has 2 aromatic heterocycles. The Morgan fingerprint density at radius 2 is 2.19 bits per heavy atom. The minimum Gasteiger partial charge on any atom is -0.481 e. The summed E-state index contributed by atoms with van der Waals surface area (Å²) in [4.78, 5) is 16.6. The van der Waals surface area contributed by atoms with E-state index in [0.29, 0.717) is 11.3 Å². The first-order chi connectivity index (χ1) is 10.1. The highest BCUT2D eigenvalue weighted by Gasteiger charge is 2.21. The van der Waals surface area contributed by atoms with Crippen molar-refractivity contribution in [2.24, 2.45) is 5.92 Å². The van der Waals surface area contributed by atoms with Gasteiger partial charge in [-0.3, -0.25) is 9.20 Å². The van der Waals surface area contributed by atoms with E-state index in [1.54, 1.807) is 18.2 Å². The third-order valence-electron chi connectivity index (χ3n) is 3.37. The number of hydrogen-bond donors (Lipinski definition) is 1. The third-order valence-corrected chi connectivity index (χ3v) is 4.14. The number of benzene rings is 1. The fourth-order valence-electron chi connectivity index (χ4n) is 2.30. The molecule has 6 heteroatoms. The largest absolute Gasteiger partial charge is 0.481 e. The quantitative estimate of drug-likeness (QED) is 0.788. The zero-order valence-corrected chi connectivity index (χ0v) is 11.9. The molecule has 0 fully saturated rings. The maximum absolute atomic E-state index is 13.7. The standard InChI is InChI=1S/C15H13FN2O2S/c16-13-4-2-1-3-10(13)7-11(14(19)20)8-12-9-18-5-6-21-15(18)17-12/h1-6,9,11H,7-8H2,(H,19,20). The molecule has 0 saturated heterocycles. The summed E-state index contributed by atoms with van der Waals surface area (Å²) in [5.74, 6) is -1.99. The molecule has 3 rings (SSSR count). The maximum atomic E-state index is 13.7. The molecule has 2 heterocycles. The molecule has 0 spiro atoms. The van der Waals surface area contributed by atoms with Crippen molar-refractivity contribution in [3.63, 3.8) is 0 Å². The molecule has 0 bridgehead atoms. The summed E-state index contributed by atoms with van der Waals surface area (Å²) < 4.78 is 15.5. The van der Waals surface area contributed by atoms with Crippen LogP contribution in [0.5, 0.6) is 0 Å². The number of imidazole rings is 1. The van der Waals surface area contributed by atoms with Crippen LogP contribution in [0.1, 0.15) is 11.3 Å². The van der Waals surface area contributed by atoms with Crippen molar-refractivity contribution in [2.45, 2.75) is 12.8 Å². The number of rotatable bonds is 5. The van der Waals surface area contributed by atoms with Gasteiger partial charge in [0.25, 0.3) is 0 Å². The Morgan fingerprint density at radius 1 is 1.38 bits per heavy atom. The van der Waals surface area contributed by atoms with Gasteiger partial charge in [0, 0.05) is 24.2 Å². The summed E-state index contributed by atoms with van der Waals surface area (Å²) in [7, 11) is 0. The Bertz CT molecular complexity index is 752. The molecule has 1 atom stereocenters. The molecule has 0 saturated carbocycles. The van der Waals surface area contributed by atoms with Gasteiger partial charge in [0.05, 0.1) is 11.6 Å². The monoisotopic (exact) mass is 304 g/mol. The fraction of sp³-hybridized carbons (Fsp3) is 0.200. The number of carboxylic acid groups (broad SMARTS) is 1. The summed E-state index contributed by atoms with van der Waals surface area (Å²) in [6, 6.07) is 6.28. The van der Waals surface area contributed by atoms with E-state index in [2.05, 4.69) is 4.98 Å². The first kappa shape index (κ1) is 13.8. The molecule has 4 nitrogen and oxygen atoms in total. The number of aromatic nitrogens is 2. The van der Waals surface area contributed by atoms with Crippen LogP contribution in [0.3, 0.4) is 0 Å². The lowest BCUT2D eigenvalue weighted by Crippen LogP contribution is -2.20. The van der Waals surface area contributed by atoms with Crippen LogP contribution in [0.4, 0.5) is 4.39 Å². The van der Waals surface area contributed by atoms with E-state index in [9.17, 15) is 14.3 Å². The zero-order valence-electron chi connectivity index (χ0n) is 11.1. The number of aliphatic carboxylic acids is 1. The van der Waals surface area contributed by atoms with E-state index in [4.69, 9.17) is 0 Å². The summed E-state index contributed by atoms with van der Waals surface area (Å²) in [5, 5.41) is 11.3. The molecule has 1 aromatic carbocycles. The molecule has 0 aliphatic heterocycles. The van der Waals surface area contributed by atoms with E-state index in [1.807, 2.05) is 22.2 Å². The SMILES string of the molecule is O=C(O)C(Cc1cn2ccsc2n1)Cc1ccccc1F. The Labute approximate surface area is 124 Å². The van der Waals surface area contributed by atoms with E-state index < -0.39 is 11.9 Å². The van der Waals surface area contributed by atoms with Gasteiger partial charge in [-0.25, -0.2) is 9.37 Å². The number of thiazole rings is 1. The predicted octanol–water partition coefficient (Wildman–Crippen LogP) is 3.02. The minimum atomic E-state index is -0.936. The number of carbonyl (C=O) groups is 1. The summed E-state index contributed by atoms with van der Waals surface area (Å²) in [5.41, 5.74) is 1.14. The van der Waals surface area contributed by atoms with Crippen LogP contribution in [-0.2, 0) is 17.6 Å². The molecule has 1 N–H and O–H groups in total. The summed E-state index contributed by atoms with van der Waals surface area (Å²) in [6.07, 6.45) is 4.15. The van der Waals surface area contributed by atoms with Crippen LogP contribution in [0.25, 0.3) is 4.96 Å². The van der Waals surface area contributed by atoms with Crippen molar-refractivity contribution in [2.75, 3.05) is 0 Å². The van der Waals surface area contributed by atoms with Gasteiger partial charge < -0.3 is 5.11 Å². The highest BCUT2D eigenvalue weighted by Crippen LogP contribution is 2.19. The number of halogens is 1. The lowest BCUT2D eigenvalue weighted by atomic mass is 9.95. The van der Waals surface area contributed by atoms with Crippen molar-refractivity contribution in [3.8, 4) is 0 Å². The number of fused-ring (bicyclic) bond motifs is 1. The molecule has 0 aliphatic rings. The second-order valence-electron chi connectivity index (χ2n) is 4.86. The van der Waals surface area contributed by atoms with E-state index in [-0.39, 0.29) is 18.7 Å². The number of hydrogen-bond acceptors (Lipinski definition) is 3. The molecule has 1 unspecified atom stereocenters. The van der Waals surface area contributed by atoms with Gasteiger partial charge in [0.1, 0.15) is 5.82 Å². The van der Waals surface area contributed by atoms with Gasteiger partial charge in [0.2, 0.25) is 0 Å². The van der Waals surface area contributed by atoms with Gasteiger partial charge in [0.15, 0.2) is 4.96 Å². The Hall–Kier alpha value is -2.21. The van der Waals surface area contributed by atoms with Gasteiger partial charge in [-0.2, -0.15) is 0 Å². The Kier molecular flexibility index (Phi) is 3.70. The highest BCUT2D eigenvalue weighted by molar-refractivity contribution is 7.15. The average Bonchev–Trinajstić information content (AvgIpc) is 3.01. The fourth-order valence-corrected chi connectivity index (χ4v) is 3.02. The Morgan fingerprint density at radius 3 is 2.90 bits per heavy atom. The van der Waals surface area contributed by atoms with Gasteiger partial charge in [-0.1, -0.05) is 18.2 Å². The predicted molar refractivity (Wildman–Crippen MR) is 78.0 cm³/mol. The zero-order chi connectivity index (χ0) is 14.8. The first-order valence-corrected chi connectivity index (χ1v) is 7.39. The van der Waals surface area contributed by atoms with Gasteiger partial charge in [-0.15, -0.1) is 11.3 Å². The van der Waals surface area contributed by atoms with Crippen LogP contribution < -0.4 is 0 Å². The van der Waals surface area contributed by atoms with Crippen LogP contribution in [0, 0.1) is 11.7 Å². The van der Waals surface area contributed by atoms with Crippen molar-refractivity contribution < 1.29 is 14.3 Å². The normalized spacial score (nSPS) is 12.6. The first-order valence-electron chi connectivity index (χ1n) is 6.51. The van der Waals surface area contributed by atoms with E-state index in [0.717, 1.165) is 4.96 Å². The minimum absolute atomic E-state index is 0.160. The lowest BCUT2D eigenvalue weighted by Gasteiger charge is -2.11. The molecule has 21 heavy (non-hydrogen) atoms. The lowest BCUT2D eigenvalue weighted by molar-refractivity contribution is -0.141. The molecule has 3 aromatic rings. The smallest absolute Gasteiger partial charge is 0.307 e. The number of carboxylic acids is 1. The third kappa shape index (κ3) is 2.95. The maximum Gasteiger partial charge on any atom is 0.307 e. The van der Waals surface area contributed by atoms with Crippen LogP contribution in [0.2, 0.25) is 0 Å². The van der Waals surface area contributed by atoms with Crippen LogP contribution >= 0.6 is 11.3 Å². The van der Waals surface area contributed by atoms with Crippen LogP contribution in [-0.4, -0.2) is 20.5 Å². The van der Waals surface area contributed by atoms with Crippen molar-refractivity contribution in [1.29, 1.82) is 0 Å². The molecule has 0 radical (unpaired) electrons. The summed E-state index contributed by atoms with van der Waals surface area (Å²) in [6.45, 7) is 0.